The third-order valence-electron chi connectivity index (χ3n) is 3.46. The first-order valence-electron chi connectivity index (χ1n) is 7.14. The molecule has 0 bridgehead atoms. The number of carbonyl (C=O) groups excluding carboxylic acids is 1. The van der Waals surface area contributed by atoms with Crippen LogP contribution in [0.25, 0.3) is 5.69 Å². The number of hydrogen-bond donors (Lipinski definition) is 1. The van der Waals surface area contributed by atoms with Crippen molar-refractivity contribution in [3.63, 3.8) is 0 Å². The van der Waals surface area contributed by atoms with E-state index < -0.39 is 5.97 Å². The van der Waals surface area contributed by atoms with Crippen molar-refractivity contribution < 1.29 is 14.7 Å². The van der Waals surface area contributed by atoms with Crippen molar-refractivity contribution in [1.29, 1.82) is 0 Å². The third-order valence-corrected chi connectivity index (χ3v) is 3.46. The summed E-state index contributed by atoms with van der Waals surface area (Å²) >= 11 is 0. The van der Waals surface area contributed by atoms with Crippen molar-refractivity contribution in [3.05, 3.63) is 47.8 Å². The minimum Gasteiger partial charge on any atom is -0.481 e. The number of aromatic nitrogens is 2. The molecule has 0 saturated heterocycles. The smallest absolute Gasteiger partial charge is 0.305 e. The average Bonchev–Trinajstić information content (AvgIpc) is 3.01. The molecule has 2 rings (SSSR count). The average molecular weight is 301 g/mol. The number of benzene rings is 1. The largest absolute Gasteiger partial charge is 0.481 e. The summed E-state index contributed by atoms with van der Waals surface area (Å²) in [6.07, 6.45) is 3.49. The second-order valence-corrected chi connectivity index (χ2v) is 4.98. The highest BCUT2D eigenvalue weighted by molar-refractivity contribution is 5.94. The summed E-state index contributed by atoms with van der Waals surface area (Å²) < 4.78 is 1.74. The highest BCUT2D eigenvalue weighted by Crippen LogP contribution is 2.16. The van der Waals surface area contributed by atoms with Crippen LogP contribution in [-0.4, -0.2) is 44.8 Å². The van der Waals surface area contributed by atoms with Crippen LogP contribution in [0.1, 0.15) is 29.3 Å². The van der Waals surface area contributed by atoms with Crippen LogP contribution in [-0.2, 0) is 4.79 Å². The molecule has 0 fully saturated rings. The van der Waals surface area contributed by atoms with E-state index in [9.17, 15) is 9.59 Å². The Bertz CT molecular complexity index is 665. The molecule has 22 heavy (non-hydrogen) atoms. The van der Waals surface area contributed by atoms with Crippen molar-refractivity contribution in [1.82, 2.24) is 14.7 Å². The molecule has 0 radical (unpaired) electrons. The summed E-state index contributed by atoms with van der Waals surface area (Å²) in [4.78, 5) is 24.6. The van der Waals surface area contributed by atoms with Gasteiger partial charge in [-0.05, 0) is 43.7 Å². The maximum atomic E-state index is 12.4. The number of nitrogens with zero attached hydrogens (tertiary/aromatic N) is 3. The molecule has 0 aliphatic carbocycles. The second kappa shape index (κ2) is 6.89. The van der Waals surface area contributed by atoms with Gasteiger partial charge in [-0.15, -0.1) is 0 Å². The van der Waals surface area contributed by atoms with Crippen LogP contribution in [0, 0.1) is 6.92 Å². The van der Waals surface area contributed by atoms with E-state index in [0.717, 1.165) is 11.3 Å². The molecule has 0 spiro atoms. The topological polar surface area (TPSA) is 75.4 Å². The van der Waals surface area contributed by atoms with Gasteiger partial charge in [0.2, 0.25) is 0 Å². The molecule has 0 saturated carbocycles. The molecule has 1 aromatic heterocycles. The molecule has 6 heteroatoms. The molecular weight excluding hydrogens is 282 g/mol. The normalized spacial score (nSPS) is 10.5. The maximum Gasteiger partial charge on any atom is 0.305 e. The van der Waals surface area contributed by atoms with Crippen molar-refractivity contribution in [2.24, 2.45) is 0 Å². The lowest BCUT2D eigenvalue weighted by Crippen LogP contribution is -2.32. The number of carboxylic acid groups (broad SMARTS) is 1. The summed E-state index contributed by atoms with van der Waals surface area (Å²) in [6, 6.07) is 7.24. The molecular formula is C16H19N3O3. The third kappa shape index (κ3) is 3.52. The minimum absolute atomic E-state index is 0.0517. The molecule has 6 nitrogen and oxygen atoms in total. The number of rotatable bonds is 6. The first kappa shape index (κ1) is 15.8. The molecule has 1 aromatic carbocycles. The van der Waals surface area contributed by atoms with Gasteiger partial charge in [0.05, 0.1) is 12.1 Å². The zero-order valence-electron chi connectivity index (χ0n) is 12.7. The van der Waals surface area contributed by atoms with Crippen LogP contribution in [0.4, 0.5) is 0 Å². The van der Waals surface area contributed by atoms with Gasteiger partial charge in [-0.25, -0.2) is 4.68 Å². The van der Waals surface area contributed by atoms with Gasteiger partial charge in [-0.3, -0.25) is 9.59 Å². The van der Waals surface area contributed by atoms with E-state index in [1.165, 1.54) is 4.90 Å². The van der Waals surface area contributed by atoms with Crippen molar-refractivity contribution in [3.8, 4) is 5.69 Å². The van der Waals surface area contributed by atoms with Gasteiger partial charge in [-0.2, -0.15) is 5.10 Å². The fraction of sp³-hybridized carbons (Fsp3) is 0.312. The monoisotopic (exact) mass is 301 g/mol. The van der Waals surface area contributed by atoms with Gasteiger partial charge >= 0.3 is 5.97 Å². The van der Waals surface area contributed by atoms with Crippen LogP contribution in [0.15, 0.2) is 36.7 Å². The standard InChI is InChI=1S/C16H19N3O3/c1-3-18(10-7-15(20)21)16(22)13-5-6-14(12(2)11-13)19-9-4-8-17-19/h4-6,8-9,11H,3,7,10H2,1-2H3,(H,20,21). The second-order valence-electron chi connectivity index (χ2n) is 4.98. The zero-order valence-corrected chi connectivity index (χ0v) is 12.7. The Morgan fingerprint density at radius 2 is 2.14 bits per heavy atom. The van der Waals surface area contributed by atoms with E-state index in [0.29, 0.717) is 12.1 Å². The predicted molar refractivity (Wildman–Crippen MR) is 82.1 cm³/mol. The lowest BCUT2D eigenvalue weighted by atomic mass is 10.1. The van der Waals surface area contributed by atoms with Crippen LogP contribution >= 0.6 is 0 Å². The summed E-state index contributed by atoms with van der Waals surface area (Å²) in [5.74, 6) is -1.06. The Balaban J connectivity index is 2.19. The number of aliphatic carboxylic acids is 1. The van der Waals surface area contributed by atoms with Crippen molar-refractivity contribution >= 4 is 11.9 Å². The molecule has 0 unspecified atom stereocenters. The Labute approximate surface area is 129 Å². The van der Waals surface area contributed by atoms with Gasteiger partial charge in [0, 0.05) is 31.0 Å². The van der Waals surface area contributed by atoms with Crippen LogP contribution in [0.2, 0.25) is 0 Å². The van der Waals surface area contributed by atoms with E-state index in [-0.39, 0.29) is 18.9 Å². The van der Waals surface area contributed by atoms with E-state index in [4.69, 9.17) is 5.11 Å². The van der Waals surface area contributed by atoms with Gasteiger partial charge in [-0.1, -0.05) is 0 Å². The van der Waals surface area contributed by atoms with Crippen LogP contribution < -0.4 is 0 Å². The summed E-state index contributed by atoms with van der Waals surface area (Å²) in [7, 11) is 0. The van der Waals surface area contributed by atoms with E-state index >= 15 is 0 Å². The Hall–Kier alpha value is -2.63. The number of aryl methyl sites for hydroxylation is 1. The van der Waals surface area contributed by atoms with Crippen LogP contribution in [0.3, 0.4) is 0 Å². The van der Waals surface area contributed by atoms with E-state index in [1.54, 1.807) is 16.9 Å². The van der Waals surface area contributed by atoms with E-state index in [1.807, 2.05) is 38.2 Å². The number of carbonyl (C=O) groups is 2. The number of carboxylic acids is 1. The van der Waals surface area contributed by atoms with Crippen molar-refractivity contribution in [2.45, 2.75) is 20.3 Å². The quantitative estimate of drug-likeness (QED) is 0.886. The van der Waals surface area contributed by atoms with Gasteiger partial charge < -0.3 is 10.0 Å². The first-order valence-corrected chi connectivity index (χ1v) is 7.14. The molecule has 116 valence electrons. The first-order chi connectivity index (χ1) is 10.5. The zero-order chi connectivity index (χ0) is 16.1. The molecule has 1 amide bonds. The molecule has 1 heterocycles. The lowest BCUT2D eigenvalue weighted by Gasteiger charge is -2.20. The molecule has 0 aliphatic rings. The van der Waals surface area contributed by atoms with Crippen LogP contribution in [0.5, 0.6) is 0 Å². The molecule has 1 N–H and O–H groups in total. The van der Waals surface area contributed by atoms with Gasteiger partial charge in [0.1, 0.15) is 0 Å². The SMILES string of the molecule is CCN(CCC(=O)O)C(=O)c1ccc(-n2cccn2)c(C)c1. The van der Waals surface area contributed by atoms with Crippen molar-refractivity contribution in [2.75, 3.05) is 13.1 Å². The number of amides is 1. The molecule has 0 atom stereocenters. The Morgan fingerprint density at radius 1 is 1.36 bits per heavy atom. The minimum atomic E-state index is -0.906. The lowest BCUT2D eigenvalue weighted by molar-refractivity contribution is -0.137. The van der Waals surface area contributed by atoms with Gasteiger partial charge in [0.25, 0.3) is 5.91 Å². The predicted octanol–water partition coefficient (Wildman–Crippen LogP) is 2.12. The fourth-order valence-corrected chi connectivity index (χ4v) is 2.27. The summed E-state index contributed by atoms with van der Waals surface area (Å²) in [6.45, 7) is 4.45. The van der Waals surface area contributed by atoms with Gasteiger partial charge in [0.15, 0.2) is 0 Å². The summed E-state index contributed by atoms with van der Waals surface area (Å²) in [5, 5.41) is 12.9. The fourth-order valence-electron chi connectivity index (χ4n) is 2.27. The highest BCUT2D eigenvalue weighted by Gasteiger charge is 2.16. The maximum absolute atomic E-state index is 12.4. The molecule has 2 aromatic rings. The highest BCUT2D eigenvalue weighted by atomic mass is 16.4. The number of hydrogen-bond acceptors (Lipinski definition) is 3. The Morgan fingerprint density at radius 3 is 2.68 bits per heavy atom. The molecule has 0 aliphatic heterocycles. The summed E-state index contributed by atoms with van der Waals surface area (Å²) in [5.41, 5.74) is 2.40. The van der Waals surface area contributed by atoms with E-state index in [2.05, 4.69) is 5.10 Å². The Kier molecular flexibility index (Phi) is 4.93.